The van der Waals surface area contributed by atoms with Crippen molar-refractivity contribution in [3.8, 4) is 0 Å². The minimum atomic E-state index is -1.06. The van der Waals surface area contributed by atoms with Crippen molar-refractivity contribution in [1.82, 2.24) is 9.59 Å². The van der Waals surface area contributed by atoms with Crippen molar-refractivity contribution in [2.75, 3.05) is 5.32 Å². The van der Waals surface area contributed by atoms with Crippen LogP contribution in [-0.2, 0) is 0 Å². The van der Waals surface area contributed by atoms with Gasteiger partial charge >= 0.3 is 5.97 Å². The van der Waals surface area contributed by atoms with Crippen LogP contribution in [-0.4, -0.2) is 26.6 Å². The van der Waals surface area contributed by atoms with Gasteiger partial charge in [-0.3, -0.25) is 4.79 Å². The smallest absolute Gasteiger partial charge is 0.335 e. The maximum atomic E-state index is 11.7. The van der Waals surface area contributed by atoms with Gasteiger partial charge in [0, 0.05) is 10.2 Å². The quantitative estimate of drug-likeness (QED) is 0.901. The number of carbonyl (C=O) groups is 2. The fraction of sp³-hybridized carbons (Fsp3) is 0. The van der Waals surface area contributed by atoms with Crippen LogP contribution in [0.15, 0.2) is 28.9 Å². The Morgan fingerprint density at radius 1 is 1.33 bits per heavy atom. The van der Waals surface area contributed by atoms with Crippen molar-refractivity contribution in [1.29, 1.82) is 0 Å². The number of aromatic nitrogens is 2. The molecule has 8 heteroatoms. The third kappa shape index (κ3) is 2.90. The van der Waals surface area contributed by atoms with Gasteiger partial charge in [-0.2, -0.15) is 0 Å². The molecule has 2 aromatic rings. The molecule has 0 bridgehead atoms. The molecule has 0 fully saturated rings. The van der Waals surface area contributed by atoms with E-state index in [0.29, 0.717) is 15.0 Å². The molecule has 2 N–H and O–H groups in total. The first-order chi connectivity index (χ1) is 8.56. The summed E-state index contributed by atoms with van der Waals surface area (Å²) in [4.78, 5) is 22.9. The van der Waals surface area contributed by atoms with Crippen LogP contribution < -0.4 is 5.32 Å². The molecule has 0 spiro atoms. The first-order valence-corrected chi connectivity index (χ1v) is 6.25. The van der Waals surface area contributed by atoms with Crippen LogP contribution in [0.1, 0.15) is 20.0 Å². The summed E-state index contributed by atoms with van der Waals surface area (Å²) in [6, 6.07) is 4.44. The van der Waals surface area contributed by atoms with Crippen LogP contribution in [0.5, 0.6) is 0 Å². The number of hydrogen-bond donors (Lipinski definition) is 2. The Morgan fingerprint density at radius 2 is 2.11 bits per heavy atom. The highest BCUT2D eigenvalue weighted by atomic mass is 79.9. The van der Waals surface area contributed by atoms with Gasteiger partial charge < -0.3 is 10.4 Å². The van der Waals surface area contributed by atoms with Crippen molar-refractivity contribution < 1.29 is 14.7 Å². The number of nitrogens with one attached hydrogen (secondary N) is 1. The van der Waals surface area contributed by atoms with Gasteiger partial charge in [0.05, 0.1) is 11.8 Å². The fourth-order valence-electron chi connectivity index (χ4n) is 1.25. The predicted octanol–water partition coefficient (Wildman–Crippen LogP) is 2.25. The van der Waals surface area contributed by atoms with Gasteiger partial charge in [-0.15, -0.1) is 5.10 Å². The summed E-state index contributed by atoms with van der Waals surface area (Å²) in [5.74, 6) is -1.44. The monoisotopic (exact) mass is 327 g/mol. The highest BCUT2D eigenvalue weighted by Gasteiger charge is 2.11. The van der Waals surface area contributed by atoms with Crippen molar-refractivity contribution in [2.45, 2.75) is 0 Å². The molecule has 1 aromatic heterocycles. The number of rotatable bonds is 3. The fourth-order valence-corrected chi connectivity index (χ4v) is 2.15. The van der Waals surface area contributed by atoms with Gasteiger partial charge in [0.1, 0.15) is 4.88 Å². The second-order valence-corrected chi connectivity index (χ2v) is 4.97. The second-order valence-electron chi connectivity index (χ2n) is 3.27. The van der Waals surface area contributed by atoms with Gasteiger partial charge in [-0.05, 0) is 29.7 Å². The standard InChI is InChI=1S/C10H6BrN3O3S/c11-6-1-5(10(16)17)2-7(3-6)13-9(15)8-4-12-14-18-8/h1-4H,(H,13,15)(H,16,17). The predicted molar refractivity (Wildman–Crippen MR) is 69.0 cm³/mol. The third-order valence-corrected chi connectivity index (χ3v) is 3.11. The molecular weight excluding hydrogens is 322 g/mol. The van der Waals surface area contributed by atoms with Gasteiger partial charge in [0.25, 0.3) is 5.91 Å². The highest BCUT2D eigenvalue weighted by molar-refractivity contribution is 9.10. The van der Waals surface area contributed by atoms with E-state index in [2.05, 4.69) is 30.8 Å². The summed E-state index contributed by atoms with van der Waals surface area (Å²) in [6.45, 7) is 0. The van der Waals surface area contributed by atoms with Crippen molar-refractivity contribution in [3.63, 3.8) is 0 Å². The molecule has 2 rings (SSSR count). The molecule has 0 unspecified atom stereocenters. The number of aromatic carboxylic acids is 1. The summed E-state index contributed by atoms with van der Waals surface area (Å²) in [6.07, 6.45) is 1.34. The molecule has 0 aliphatic heterocycles. The molecule has 0 aliphatic carbocycles. The van der Waals surface area contributed by atoms with E-state index in [1.807, 2.05) is 0 Å². The average molecular weight is 328 g/mol. The molecular formula is C10H6BrN3O3S. The molecule has 0 radical (unpaired) electrons. The number of hydrogen-bond acceptors (Lipinski definition) is 5. The van der Waals surface area contributed by atoms with E-state index < -0.39 is 5.97 Å². The molecule has 0 saturated carbocycles. The number of halogens is 1. The molecule has 1 amide bonds. The summed E-state index contributed by atoms with van der Waals surface area (Å²) < 4.78 is 4.15. The molecule has 1 heterocycles. The number of anilines is 1. The normalized spacial score (nSPS) is 10.1. The van der Waals surface area contributed by atoms with E-state index in [9.17, 15) is 9.59 Å². The Hall–Kier alpha value is -1.80. The maximum absolute atomic E-state index is 11.7. The SMILES string of the molecule is O=C(O)c1cc(Br)cc(NC(=O)c2cnns2)c1. The Labute approximate surface area is 114 Å². The number of carboxylic acid groups (broad SMARTS) is 1. The Balaban J connectivity index is 2.24. The van der Waals surface area contributed by atoms with E-state index in [1.54, 1.807) is 6.07 Å². The number of carbonyl (C=O) groups excluding carboxylic acids is 1. The number of amides is 1. The first-order valence-electron chi connectivity index (χ1n) is 4.69. The van der Waals surface area contributed by atoms with Gasteiger partial charge in [0.15, 0.2) is 0 Å². The lowest BCUT2D eigenvalue weighted by Crippen LogP contribution is -2.11. The van der Waals surface area contributed by atoms with Crippen LogP contribution in [0.2, 0.25) is 0 Å². The van der Waals surface area contributed by atoms with E-state index >= 15 is 0 Å². The van der Waals surface area contributed by atoms with Crippen LogP contribution in [0.25, 0.3) is 0 Å². The van der Waals surface area contributed by atoms with E-state index in [1.165, 1.54) is 18.3 Å². The molecule has 18 heavy (non-hydrogen) atoms. The van der Waals surface area contributed by atoms with Gasteiger partial charge in [-0.25, -0.2) is 4.79 Å². The molecule has 92 valence electrons. The van der Waals surface area contributed by atoms with Gasteiger partial charge in [-0.1, -0.05) is 20.4 Å². The number of carboxylic acids is 1. The van der Waals surface area contributed by atoms with E-state index in [-0.39, 0.29) is 11.5 Å². The largest absolute Gasteiger partial charge is 0.478 e. The lowest BCUT2D eigenvalue weighted by molar-refractivity contribution is 0.0696. The summed E-state index contributed by atoms with van der Waals surface area (Å²) >= 11 is 4.15. The van der Waals surface area contributed by atoms with Crippen LogP contribution in [0, 0.1) is 0 Å². The van der Waals surface area contributed by atoms with Crippen molar-refractivity contribution in [3.05, 3.63) is 39.3 Å². The second kappa shape index (κ2) is 5.23. The van der Waals surface area contributed by atoms with Crippen molar-refractivity contribution in [2.24, 2.45) is 0 Å². The van der Waals surface area contributed by atoms with Crippen molar-refractivity contribution >= 4 is 45.0 Å². The highest BCUT2D eigenvalue weighted by Crippen LogP contribution is 2.20. The van der Waals surface area contributed by atoms with Gasteiger partial charge in [0.2, 0.25) is 0 Å². The molecule has 0 saturated heterocycles. The lowest BCUT2D eigenvalue weighted by Gasteiger charge is -2.05. The molecule has 0 atom stereocenters. The average Bonchev–Trinajstić information content (AvgIpc) is 2.81. The summed E-state index contributed by atoms with van der Waals surface area (Å²) in [5, 5.41) is 15.0. The van der Waals surface area contributed by atoms with Crippen LogP contribution >= 0.6 is 27.5 Å². The lowest BCUT2D eigenvalue weighted by atomic mass is 10.2. The summed E-state index contributed by atoms with van der Waals surface area (Å²) in [7, 11) is 0. The Morgan fingerprint density at radius 3 is 2.72 bits per heavy atom. The van der Waals surface area contributed by atoms with E-state index in [4.69, 9.17) is 5.11 Å². The maximum Gasteiger partial charge on any atom is 0.335 e. The first kappa shape index (κ1) is 12.7. The third-order valence-electron chi connectivity index (χ3n) is 1.99. The minimum absolute atomic E-state index is 0.0853. The minimum Gasteiger partial charge on any atom is -0.478 e. The molecule has 0 aliphatic rings. The number of benzene rings is 1. The topological polar surface area (TPSA) is 92.2 Å². The zero-order chi connectivity index (χ0) is 13.1. The molecule has 1 aromatic carbocycles. The Kier molecular flexibility index (Phi) is 3.68. The van der Waals surface area contributed by atoms with Crippen LogP contribution in [0.3, 0.4) is 0 Å². The van der Waals surface area contributed by atoms with Crippen LogP contribution in [0.4, 0.5) is 5.69 Å². The van der Waals surface area contributed by atoms with E-state index in [0.717, 1.165) is 11.5 Å². The zero-order valence-corrected chi connectivity index (χ0v) is 11.2. The molecule has 6 nitrogen and oxygen atoms in total. The summed E-state index contributed by atoms with van der Waals surface area (Å²) in [5.41, 5.74) is 0.474. The zero-order valence-electron chi connectivity index (χ0n) is 8.75. The Bertz CT molecular complexity index is 600. The number of nitrogens with zero attached hydrogens (tertiary/aromatic N) is 2.